The van der Waals surface area contributed by atoms with Crippen LogP contribution in [0.1, 0.15) is 23.6 Å². The van der Waals surface area contributed by atoms with Crippen molar-refractivity contribution in [2.75, 3.05) is 33.2 Å². The Morgan fingerprint density at radius 2 is 2.00 bits per heavy atom. The number of carboxylic acids is 1. The molecule has 0 radical (unpaired) electrons. The van der Waals surface area contributed by atoms with E-state index in [2.05, 4.69) is 4.90 Å². The van der Waals surface area contributed by atoms with Gasteiger partial charge in [0.2, 0.25) is 5.91 Å². The van der Waals surface area contributed by atoms with Crippen LogP contribution >= 0.6 is 11.3 Å². The molecule has 1 fully saturated rings. The van der Waals surface area contributed by atoms with Gasteiger partial charge in [-0.15, -0.1) is 11.3 Å². The zero-order valence-corrected chi connectivity index (χ0v) is 12.4. The Morgan fingerprint density at radius 3 is 2.55 bits per heavy atom. The van der Waals surface area contributed by atoms with Gasteiger partial charge in [-0.25, -0.2) is 0 Å². The molecular formula is C14H20N2O3S. The molecule has 0 saturated carbocycles. The smallest absolute Gasteiger partial charge is 0.304 e. The van der Waals surface area contributed by atoms with Crippen LogP contribution in [-0.2, 0) is 9.59 Å². The number of carboxylic acid groups (broad SMARTS) is 1. The van der Waals surface area contributed by atoms with Gasteiger partial charge in [-0.05, 0) is 18.5 Å². The number of hydrogen-bond donors (Lipinski definition) is 1. The normalized spacial score (nSPS) is 17.9. The first-order valence-electron chi connectivity index (χ1n) is 6.78. The fraction of sp³-hybridized carbons (Fsp3) is 0.571. The van der Waals surface area contributed by atoms with E-state index in [-0.39, 0.29) is 24.7 Å². The molecule has 6 heteroatoms. The number of thiophene rings is 1. The summed E-state index contributed by atoms with van der Waals surface area (Å²) in [6.07, 6.45) is 0.302. The minimum atomic E-state index is -0.852. The van der Waals surface area contributed by atoms with Gasteiger partial charge in [0.1, 0.15) is 0 Å². The van der Waals surface area contributed by atoms with Crippen molar-refractivity contribution >= 4 is 23.2 Å². The van der Waals surface area contributed by atoms with Crippen LogP contribution in [0.15, 0.2) is 17.5 Å². The van der Waals surface area contributed by atoms with Crippen LogP contribution in [0.3, 0.4) is 0 Å². The van der Waals surface area contributed by atoms with E-state index in [1.807, 2.05) is 29.5 Å². The molecule has 1 aliphatic rings. The number of piperazine rings is 1. The molecule has 2 heterocycles. The van der Waals surface area contributed by atoms with Gasteiger partial charge in [0.25, 0.3) is 0 Å². The number of aliphatic carboxylic acids is 1. The summed E-state index contributed by atoms with van der Waals surface area (Å²) < 4.78 is 0. The van der Waals surface area contributed by atoms with E-state index in [1.165, 1.54) is 11.3 Å². The predicted octanol–water partition coefficient (Wildman–Crippen LogP) is 1.47. The van der Waals surface area contributed by atoms with Crippen molar-refractivity contribution in [2.45, 2.75) is 18.8 Å². The van der Waals surface area contributed by atoms with E-state index < -0.39 is 5.97 Å². The molecule has 1 unspecified atom stereocenters. The van der Waals surface area contributed by atoms with E-state index in [9.17, 15) is 9.59 Å². The van der Waals surface area contributed by atoms with Gasteiger partial charge < -0.3 is 14.9 Å². The average molecular weight is 296 g/mol. The van der Waals surface area contributed by atoms with Gasteiger partial charge in [-0.1, -0.05) is 6.07 Å². The topological polar surface area (TPSA) is 60.9 Å². The molecule has 0 aromatic carbocycles. The van der Waals surface area contributed by atoms with Crippen LogP contribution < -0.4 is 0 Å². The lowest BCUT2D eigenvalue weighted by atomic mass is 9.98. The molecule has 5 nitrogen and oxygen atoms in total. The monoisotopic (exact) mass is 296 g/mol. The Morgan fingerprint density at radius 1 is 1.30 bits per heavy atom. The van der Waals surface area contributed by atoms with Crippen molar-refractivity contribution in [1.82, 2.24) is 9.80 Å². The molecule has 1 aliphatic heterocycles. The van der Waals surface area contributed by atoms with Gasteiger partial charge in [0.05, 0.1) is 6.42 Å². The van der Waals surface area contributed by atoms with Gasteiger partial charge in [-0.2, -0.15) is 0 Å². The molecule has 20 heavy (non-hydrogen) atoms. The highest BCUT2D eigenvalue weighted by atomic mass is 32.1. The van der Waals surface area contributed by atoms with Crippen molar-refractivity contribution < 1.29 is 14.7 Å². The van der Waals surface area contributed by atoms with Crippen molar-refractivity contribution in [3.05, 3.63) is 22.4 Å². The molecule has 1 saturated heterocycles. The highest BCUT2D eigenvalue weighted by Crippen LogP contribution is 2.28. The van der Waals surface area contributed by atoms with Gasteiger partial charge in [-0.3, -0.25) is 9.59 Å². The van der Waals surface area contributed by atoms with E-state index >= 15 is 0 Å². The highest BCUT2D eigenvalue weighted by Gasteiger charge is 2.25. The van der Waals surface area contributed by atoms with Crippen LogP contribution in [0.25, 0.3) is 0 Å². The molecule has 1 aromatic heterocycles. The Kier molecular flexibility index (Phi) is 5.14. The second kappa shape index (κ2) is 6.85. The summed E-state index contributed by atoms with van der Waals surface area (Å²) in [5.41, 5.74) is 0. The van der Waals surface area contributed by atoms with Crippen molar-refractivity contribution in [1.29, 1.82) is 0 Å². The van der Waals surface area contributed by atoms with Crippen LogP contribution in [0.2, 0.25) is 0 Å². The fourth-order valence-electron chi connectivity index (χ4n) is 2.40. The molecule has 0 spiro atoms. The number of likely N-dealkylation sites (N-methyl/N-ethyl adjacent to an activating group) is 1. The molecule has 2 rings (SSSR count). The maximum Gasteiger partial charge on any atom is 0.304 e. The van der Waals surface area contributed by atoms with Crippen LogP contribution in [-0.4, -0.2) is 60.0 Å². The zero-order valence-electron chi connectivity index (χ0n) is 11.6. The highest BCUT2D eigenvalue weighted by molar-refractivity contribution is 7.10. The standard InChI is InChI=1S/C14H20N2O3S/c1-15-4-6-16(7-5-15)13(17)9-11(10-14(18)19)12-3-2-8-20-12/h2-3,8,11H,4-7,9-10H2,1H3,(H,18,19). The van der Waals surface area contributed by atoms with Gasteiger partial charge in [0, 0.05) is 43.4 Å². The first-order valence-corrected chi connectivity index (χ1v) is 7.65. The van der Waals surface area contributed by atoms with Crippen molar-refractivity contribution in [2.24, 2.45) is 0 Å². The second-order valence-corrected chi connectivity index (χ2v) is 6.18. The molecular weight excluding hydrogens is 276 g/mol. The summed E-state index contributed by atoms with van der Waals surface area (Å²) in [5.74, 6) is -0.994. The van der Waals surface area contributed by atoms with Gasteiger partial charge >= 0.3 is 5.97 Å². The number of rotatable bonds is 5. The molecule has 1 aromatic rings. The predicted molar refractivity (Wildman–Crippen MR) is 78.0 cm³/mol. The Bertz CT molecular complexity index is 453. The minimum Gasteiger partial charge on any atom is -0.481 e. The van der Waals surface area contributed by atoms with E-state index in [4.69, 9.17) is 5.11 Å². The van der Waals surface area contributed by atoms with Gasteiger partial charge in [0.15, 0.2) is 0 Å². The third kappa shape index (κ3) is 4.05. The lowest BCUT2D eigenvalue weighted by molar-refractivity contribution is -0.138. The molecule has 1 amide bonds. The molecule has 1 atom stereocenters. The summed E-state index contributed by atoms with van der Waals surface area (Å²) in [5, 5.41) is 10.9. The number of nitrogens with zero attached hydrogens (tertiary/aromatic N) is 2. The number of amides is 1. The molecule has 1 N–H and O–H groups in total. The Labute approximate surface area is 122 Å². The lowest BCUT2D eigenvalue weighted by Crippen LogP contribution is -2.47. The molecule has 0 bridgehead atoms. The van der Waals surface area contributed by atoms with E-state index in [0.29, 0.717) is 0 Å². The quantitative estimate of drug-likeness (QED) is 0.894. The number of hydrogen-bond acceptors (Lipinski definition) is 4. The summed E-state index contributed by atoms with van der Waals surface area (Å²) in [6.45, 7) is 3.24. The maximum absolute atomic E-state index is 12.3. The Hall–Kier alpha value is -1.40. The third-order valence-electron chi connectivity index (χ3n) is 3.64. The van der Waals surface area contributed by atoms with E-state index in [0.717, 1.165) is 31.1 Å². The van der Waals surface area contributed by atoms with Crippen LogP contribution in [0.4, 0.5) is 0 Å². The fourth-order valence-corrected chi connectivity index (χ4v) is 3.23. The van der Waals surface area contributed by atoms with Crippen LogP contribution in [0.5, 0.6) is 0 Å². The molecule has 0 aliphatic carbocycles. The third-order valence-corrected chi connectivity index (χ3v) is 4.68. The van der Waals surface area contributed by atoms with Crippen LogP contribution in [0, 0.1) is 0 Å². The SMILES string of the molecule is CN1CCN(C(=O)CC(CC(=O)O)c2cccs2)CC1. The Balaban J connectivity index is 1.97. The minimum absolute atomic E-state index is 0.0139. The number of carbonyl (C=O) groups excluding carboxylic acids is 1. The summed E-state index contributed by atoms with van der Waals surface area (Å²) in [4.78, 5) is 28.3. The average Bonchev–Trinajstić information content (AvgIpc) is 2.92. The summed E-state index contributed by atoms with van der Waals surface area (Å²) in [6, 6.07) is 3.81. The maximum atomic E-state index is 12.3. The summed E-state index contributed by atoms with van der Waals surface area (Å²) in [7, 11) is 2.04. The zero-order chi connectivity index (χ0) is 14.5. The van der Waals surface area contributed by atoms with Crippen molar-refractivity contribution in [3.63, 3.8) is 0 Å². The number of carbonyl (C=O) groups is 2. The molecule has 110 valence electrons. The summed E-state index contributed by atoms with van der Waals surface area (Å²) >= 11 is 1.52. The first-order chi connectivity index (χ1) is 9.56. The second-order valence-electron chi connectivity index (χ2n) is 5.20. The largest absolute Gasteiger partial charge is 0.481 e. The van der Waals surface area contributed by atoms with E-state index in [1.54, 1.807) is 0 Å². The van der Waals surface area contributed by atoms with Crippen molar-refractivity contribution in [3.8, 4) is 0 Å². The lowest BCUT2D eigenvalue weighted by Gasteiger charge is -2.33. The first kappa shape index (κ1) is 15.0.